The number of fused-ring (bicyclic) bond motifs is 3. The van der Waals surface area contributed by atoms with Gasteiger partial charge in [0.05, 0.1) is 11.1 Å². The lowest BCUT2D eigenvalue weighted by molar-refractivity contribution is -0.137. The maximum Gasteiger partial charge on any atom is 0.417 e. The second-order valence-corrected chi connectivity index (χ2v) is 11.7. The second-order valence-electron chi connectivity index (χ2n) is 11.7. The molecule has 7 rings (SSSR count). The molecule has 0 atom stereocenters. The van der Waals surface area contributed by atoms with E-state index in [0.29, 0.717) is 32.8 Å². The molecule has 3 aliphatic rings. The van der Waals surface area contributed by atoms with Gasteiger partial charge in [0.1, 0.15) is 23.5 Å². The number of nitrogen functional groups attached to an aromatic ring is 1. The standard InChI is InChI=1S/C29H30F5N7O2/c1-39-10-12-40(13-11-39)25-17-14-18(29(32,33)34)20(16-4-5-19(30)24-23(16)36-26(35)43-24)21(31)22(17)37-27(38-25)42-15-28-6-2-8-41(28)9-3-7-28/h4-5,14H,2-3,6-13,15H2,1H3,(H2,35,36). The van der Waals surface area contributed by atoms with Gasteiger partial charge in [-0.15, -0.1) is 0 Å². The molecule has 0 amide bonds. The monoisotopic (exact) mass is 603 g/mol. The topological polar surface area (TPSA) is 96.8 Å². The lowest BCUT2D eigenvalue weighted by atomic mass is 9.95. The Labute approximate surface area is 243 Å². The quantitative estimate of drug-likeness (QED) is 0.314. The largest absolute Gasteiger partial charge is 0.461 e. The average molecular weight is 604 g/mol. The van der Waals surface area contributed by atoms with E-state index in [1.165, 1.54) is 0 Å². The van der Waals surface area contributed by atoms with Crippen LogP contribution in [0.15, 0.2) is 22.6 Å². The smallest absolute Gasteiger partial charge is 0.417 e. The molecule has 2 aromatic carbocycles. The first kappa shape index (κ1) is 28.0. The molecule has 0 unspecified atom stereocenters. The molecule has 3 fully saturated rings. The summed E-state index contributed by atoms with van der Waals surface area (Å²) in [5.74, 6) is -1.96. The summed E-state index contributed by atoms with van der Waals surface area (Å²) in [4.78, 5) is 19.1. The number of aromatic nitrogens is 3. The minimum Gasteiger partial charge on any atom is -0.461 e. The average Bonchev–Trinajstić information content (AvgIpc) is 3.66. The van der Waals surface area contributed by atoms with Crippen molar-refractivity contribution in [3.63, 3.8) is 0 Å². The Hall–Kier alpha value is -3.78. The predicted molar refractivity (Wildman–Crippen MR) is 150 cm³/mol. The van der Waals surface area contributed by atoms with Gasteiger partial charge in [-0.1, -0.05) is 0 Å². The van der Waals surface area contributed by atoms with Crippen LogP contribution in [0.4, 0.5) is 33.8 Å². The molecule has 0 radical (unpaired) electrons. The highest BCUT2D eigenvalue weighted by Gasteiger charge is 2.45. The van der Waals surface area contributed by atoms with E-state index in [1.807, 2.05) is 11.9 Å². The van der Waals surface area contributed by atoms with Crippen LogP contribution in [0.5, 0.6) is 6.01 Å². The molecular weight excluding hydrogens is 573 g/mol. The number of nitrogens with zero attached hydrogens (tertiary/aromatic N) is 6. The number of likely N-dealkylation sites (N-methyl/N-ethyl adjacent to an activating group) is 1. The molecule has 0 saturated carbocycles. The SMILES string of the molecule is CN1CCN(c2nc(OCC34CCCN3CCC4)nc3c(F)c(-c4ccc(F)c5oc(N)nc45)c(C(F)(F)F)cc23)CC1. The molecule has 2 N–H and O–H groups in total. The third-order valence-corrected chi connectivity index (χ3v) is 9.06. The van der Waals surface area contributed by atoms with E-state index < -0.39 is 40.5 Å². The van der Waals surface area contributed by atoms with Crippen LogP contribution in [0.3, 0.4) is 0 Å². The maximum absolute atomic E-state index is 16.7. The molecule has 43 heavy (non-hydrogen) atoms. The molecule has 3 saturated heterocycles. The van der Waals surface area contributed by atoms with Crippen LogP contribution in [-0.2, 0) is 6.18 Å². The Kier molecular flexibility index (Phi) is 6.61. The first-order chi connectivity index (χ1) is 20.5. The summed E-state index contributed by atoms with van der Waals surface area (Å²) in [5.41, 5.74) is 1.90. The molecule has 2 aromatic heterocycles. The summed E-state index contributed by atoms with van der Waals surface area (Å²) in [6.07, 6.45) is -0.971. The molecule has 9 nitrogen and oxygen atoms in total. The number of hydrogen-bond acceptors (Lipinski definition) is 9. The van der Waals surface area contributed by atoms with E-state index in [2.05, 4.69) is 24.8 Å². The van der Waals surface area contributed by atoms with E-state index in [-0.39, 0.29) is 39.4 Å². The Morgan fingerprint density at radius 3 is 2.40 bits per heavy atom. The highest BCUT2D eigenvalue weighted by Crippen LogP contribution is 2.46. The Balaban J connectivity index is 1.43. The van der Waals surface area contributed by atoms with Crippen molar-refractivity contribution in [2.75, 3.05) is 63.6 Å². The first-order valence-electron chi connectivity index (χ1n) is 14.3. The third-order valence-electron chi connectivity index (χ3n) is 9.06. The molecule has 0 aliphatic carbocycles. The summed E-state index contributed by atoms with van der Waals surface area (Å²) >= 11 is 0. The lowest BCUT2D eigenvalue weighted by Crippen LogP contribution is -2.45. The van der Waals surface area contributed by atoms with Gasteiger partial charge in [0, 0.05) is 42.7 Å². The summed E-state index contributed by atoms with van der Waals surface area (Å²) in [6.45, 7) is 4.49. The van der Waals surface area contributed by atoms with E-state index in [1.54, 1.807) is 0 Å². The van der Waals surface area contributed by atoms with Gasteiger partial charge >= 0.3 is 12.2 Å². The van der Waals surface area contributed by atoms with Crippen LogP contribution in [0, 0.1) is 11.6 Å². The highest BCUT2D eigenvalue weighted by atomic mass is 19.4. The van der Waals surface area contributed by atoms with Crippen molar-refractivity contribution in [2.45, 2.75) is 37.4 Å². The van der Waals surface area contributed by atoms with Crippen molar-refractivity contribution in [1.82, 2.24) is 24.8 Å². The minimum atomic E-state index is -4.98. The Morgan fingerprint density at radius 1 is 0.977 bits per heavy atom. The van der Waals surface area contributed by atoms with Crippen molar-refractivity contribution in [2.24, 2.45) is 0 Å². The number of benzene rings is 2. The molecule has 3 aliphatic heterocycles. The van der Waals surface area contributed by atoms with Crippen molar-refractivity contribution >= 4 is 33.8 Å². The van der Waals surface area contributed by atoms with Crippen LogP contribution in [-0.4, -0.2) is 83.2 Å². The first-order valence-corrected chi connectivity index (χ1v) is 14.3. The van der Waals surface area contributed by atoms with Crippen molar-refractivity contribution in [3.05, 3.63) is 35.4 Å². The number of rotatable bonds is 5. The zero-order valence-corrected chi connectivity index (χ0v) is 23.5. The Bertz CT molecular complexity index is 1710. The lowest BCUT2D eigenvalue weighted by Gasteiger charge is -2.34. The number of piperazine rings is 1. The zero-order chi connectivity index (χ0) is 30.1. The van der Waals surface area contributed by atoms with Crippen molar-refractivity contribution in [1.29, 1.82) is 0 Å². The minimum absolute atomic E-state index is 0.0926. The second kappa shape index (κ2) is 10.2. The van der Waals surface area contributed by atoms with Crippen molar-refractivity contribution in [3.8, 4) is 17.1 Å². The van der Waals surface area contributed by atoms with E-state index >= 15 is 4.39 Å². The van der Waals surface area contributed by atoms with Crippen molar-refractivity contribution < 1.29 is 31.1 Å². The van der Waals surface area contributed by atoms with Gasteiger partial charge in [0.15, 0.2) is 17.2 Å². The number of halogens is 5. The fourth-order valence-electron chi connectivity index (χ4n) is 6.86. The number of anilines is 2. The van der Waals surface area contributed by atoms with Crippen LogP contribution in [0.2, 0.25) is 0 Å². The normalized spacial score (nSPS) is 19.5. The highest BCUT2D eigenvalue weighted by molar-refractivity contribution is 5.99. The Morgan fingerprint density at radius 2 is 1.70 bits per heavy atom. The predicted octanol–water partition coefficient (Wildman–Crippen LogP) is 5.08. The third kappa shape index (κ3) is 4.71. The summed E-state index contributed by atoms with van der Waals surface area (Å²) in [5, 5.41) is -0.0926. The van der Waals surface area contributed by atoms with Crippen LogP contribution in [0.1, 0.15) is 31.2 Å². The number of oxazole rings is 1. The van der Waals surface area contributed by atoms with Gasteiger partial charge in [-0.3, -0.25) is 4.90 Å². The number of nitrogens with two attached hydrogens (primary N) is 1. The molecule has 5 heterocycles. The maximum atomic E-state index is 16.7. The van der Waals surface area contributed by atoms with Crippen LogP contribution < -0.4 is 15.4 Å². The number of hydrogen-bond donors (Lipinski definition) is 1. The van der Waals surface area contributed by atoms with Gasteiger partial charge in [-0.25, -0.2) is 8.78 Å². The summed E-state index contributed by atoms with van der Waals surface area (Å²) in [7, 11) is 1.95. The van der Waals surface area contributed by atoms with Gasteiger partial charge in [0.2, 0.25) is 0 Å². The molecule has 0 bridgehead atoms. The molecule has 4 aromatic rings. The summed E-state index contributed by atoms with van der Waals surface area (Å²) in [6, 6.07) is 2.23. The van der Waals surface area contributed by atoms with Gasteiger partial charge in [0.25, 0.3) is 6.01 Å². The molecule has 14 heteroatoms. The van der Waals surface area contributed by atoms with E-state index in [0.717, 1.165) is 57.0 Å². The fourth-order valence-corrected chi connectivity index (χ4v) is 6.86. The molecular formula is C29H30F5N7O2. The van der Waals surface area contributed by atoms with E-state index in [9.17, 15) is 17.6 Å². The summed E-state index contributed by atoms with van der Waals surface area (Å²) < 4.78 is 86.3. The van der Waals surface area contributed by atoms with Gasteiger partial charge in [-0.2, -0.15) is 28.1 Å². The number of ether oxygens (including phenoxy) is 1. The van der Waals surface area contributed by atoms with Gasteiger partial charge in [-0.05, 0) is 64.0 Å². The molecule has 0 spiro atoms. The molecule has 228 valence electrons. The fraction of sp³-hybridized carbons (Fsp3) is 0.483. The van der Waals surface area contributed by atoms with Gasteiger partial charge < -0.3 is 24.7 Å². The number of alkyl halides is 3. The van der Waals surface area contributed by atoms with Crippen LogP contribution in [0.25, 0.3) is 33.1 Å². The zero-order valence-electron chi connectivity index (χ0n) is 23.5. The van der Waals surface area contributed by atoms with E-state index in [4.69, 9.17) is 14.9 Å². The van der Waals surface area contributed by atoms with Crippen LogP contribution >= 0.6 is 0 Å².